The van der Waals surface area contributed by atoms with E-state index in [1.807, 2.05) is 31.2 Å². The van der Waals surface area contributed by atoms with Crippen LogP contribution in [-0.2, 0) is 11.2 Å². The van der Waals surface area contributed by atoms with Crippen LogP contribution in [0.2, 0.25) is 0 Å². The minimum Gasteiger partial charge on any atom is -0.494 e. The first-order valence-corrected chi connectivity index (χ1v) is 8.27. The highest BCUT2D eigenvalue weighted by Gasteiger charge is 2.10. The Hall–Kier alpha value is -2.62. The number of hydrogen-bond acceptors (Lipinski definition) is 3. The predicted molar refractivity (Wildman–Crippen MR) is 95.6 cm³/mol. The molecule has 2 aromatic carbocycles. The lowest BCUT2D eigenvalue weighted by atomic mass is 10.1. The summed E-state index contributed by atoms with van der Waals surface area (Å²) in [6, 6.07) is 14.7. The Kier molecular flexibility index (Phi) is 6.55. The summed E-state index contributed by atoms with van der Waals surface area (Å²) in [7, 11) is 0. The van der Waals surface area contributed by atoms with Crippen molar-refractivity contribution >= 4 is 17.4 Å². The fraction of sp³-hybridized carbons (Fsp3) is 0.300. The average molecular weight is 325 g/mol. The first-order valence-electron chi connectivity index (χ1n) is 8.27. The summed E-state index contributed by atoms with van der Waals surface area (Å²) >= 11 is 0. The van der Waals surface area contributed by atoms with Gasteiger partial charge in [-0.2, -0.15) is 0 Å². The van der Waals surface area contributed by atoms with Crippen molar-refractivity contribution in [2.45, 2.75) is 33.1 Å². The summed E-state index contributed by atoms with van der Waals surface area (Å²) < 4.78 is 5.35. The number of anilines is 1. The van der Waals surface area contributed by atoms with Crippen molar-refractivity contribution in [3.63, 3.8) is 0 Å². The van der Waals surface area contributed by atoms with Crippen molar-refractivity contribution in [2.24, 2.45) is 0 Å². The van der Waals surface area contributed by atoms with Crippen LogP contribution >= 0.6 is 0 Å². The molecule has 4 nitrogen and oxygen atoms in total. The Morgan fingerprint density at radius 2 is 1.75 bits per heavy atom. The molecule has 0 spiro atoms. The number of carbonyl (C=O) groups is 2. The SMILES string of the molecule is CCOc1ccc(C(=O)CCC(=O)Nc2cccc(CC)c2)cc1. The molecule has 0 heterocycles. The van der Waals surface area contributed by atoms with E-state index in [-0.39, 0.29) is 24.5 Å². The molecule has 0 saturated heterocycles. The normalized spacial score (nSPS) is 10.2. The van der Waals surface area contributed by atoms with Crippen molar-refractivity contribution in [3.8, 4) is 5.75 Å². The quantitative estimate of drug-likeness (QED) is 0.738. The summed E-state index contributed by atoms with van der Waals surface area (Å²) in [6.07, 6.45) is 1.27. The Labute approximate surface area is 142 Å². The van der Waals surface area contributed by atoms with Crippen LogP contribution in [0, 0.1) is 0 Å². The fourth-order valence-electron chi connectivity index (χ4n) is 2.37. The zero-order valence-electron chi connectivity index (χ0n) is 14.2. The Morgan fingerprint density at radius 1 is 1.00 bits per heavy atom. The van der Waals surface area contributed by atoms with Crippen LogP contribution in [0.3, 0.4) is 0 Å². The second-order valence-corrected chi connectivity index (χ2v) is 5.48. The van der Waals surface area contributed by atoms with Gasteiger partial charge in [0.2, 0.25) is 5.91 Å². The van der Waals surface area contributed by atoms with Gasteiger partial charge in [-0.1, -0.05) is 19.1 Å². The van der Waals surface area contributed by atoms with Gasteiger partial charge in [-0.05, 0) is 55.3 Å². The molecule has 0 unspecified atom stereocenters. The molecule has 24 heavy (non-hydrogen) atoms. The highest BCUT2D eigenvalue weighted by molar-refractivity contribution is 6.00. The van der Waals surface area contributed by atoms with Crippen LogP contribution in [0.1, 0.15) is 42.6 Å². The molecule has 4 heteroatoms. The maximum absolute atomic E-state index is 12.2. The van der Waals surface area contributed by atoms with E-state index in [0.29, 0.717) is 12.2 Å². The monoisotopic (exact) mass is 325 g/mol. The number of benzene rings is 2. The highest BCUT2D eigenvalue weighted by Crippen LogP contribution is 2.15. The molecule has 1 N–H and O–H groups in total. The standard InChI is InChI=1S/C20H23NO3/c1-3-15-6-5-7-17(14-15)21-20(23)13-12-19(22)16-8-10-18(11-9-16)24-4-2/h5-11,14H,3-4,12-13H2,1-2H3,(H,21,23). The summed E-state index contributed by atoms with van der Waals surface area (Å²) in [5.41, 5.74) is 2.53. The molecule has 1 amide bonds. The van der Waals surface area contributed by atoms with Crippen LogP contribution in [-0.4, -0.2) is 18.3 Å². The second kappa shape index (κ2) is 8.87. The highest BCUT2D eigenvalue weighted by atomic mass is 16.5. The lowest BCUT2D eigenvalue weighted by Gasteiger charge is -2.07. The molecule has 0 fully saturated rings. The van der Waals surface area contributed by atoms with Crippen LogP contribution in [0.5, 0.6) is 5.75 Å². The van der Waals surface area contributed by atoms with E-state index < -0.39 is 0 Å². The molecule has 2 rings (SSSR count). The summed E-state index contributed by atoms with van der Waals surface area (Å²) in [4.78, 5) is 24.2. The van der Waals surface area contributed by atoms with Crippen LogP contribution in [0.25, 0.3) is 0 Å². The molecule has 0 aliphatic heterocycles. The van der Waals surface area contributed by atoms with Crippen molar-refractivity contribution in [1.29, 1.82) is 0 Å². The van der Waals surface area contributed by atoms with Gasteiger partial charge in [-0.25, -0.2) is 0 Å². The van der Waals surface area contributed by atoms with Gasteiger partial charge in [-0.15, -0.1) is 0 Å². The number of hydrogen-bond donors (Lipinski definition) is 1. The van der Waals surface area contributed by atoms with Gasteiger partial charge in [0.05, 0.1) is 6.61 Å². The third kappa shape index (κ3) is 5.23. The molecular formula is C20H23NO3. The summed E-state index contributed by atoms with van der Waals surface area (Å²) in [5, 5.41) is 2.84. The molecule has 0 radical (unpaired) electrons. The second-order valence-electron chi connectivity index (χ2n) is 5.48. The van der Waals surface area contributed by atoms with E-state index in [2.05, 4.69) is 12.2 Å². The molecule has 2 aromatic rings. The average Bonchev–Trinajstić information content (AvgIpc) is 2.61. The van der Waals surface area contributed by atoms with Gasteiger partial charge in [0.1, 0.15) is 5.75 Å². The van der Waals surface area contributed by atoms with Crippen molar-refractivity contribution in [1.82, 2.24) is 0 Å². The number of amides is 1. The summed E-state index contributed by atoms with van der Waals surface area (Å²) in [6.45, 7) is 4.57. The lowest BCUT2D eigenvalue weighted by molar-refractivity contribution is -0.116. The molecule has 126 valence electrons. The number of ketones is 1. The fourth-order valence-corrected chi connectivity index (χ4v) is 2.37. The van der Waals surface area contributed by atoms with Gasteiger partial charge >= 0.3 is 0 Å². The van der Waals surface area contributed by atoms with Crippen LogP contribution in [0.4, 0.5) is 5.69 Å². The lowest BCUT2D eigenvalue weighted by Crippen LogP contribution is -2.13. The third-order valence-electron chi connectivity index (χ3n) is 3.69. The molecule has 0 aromatic heterocycles. The van der Waals surface area contributed by atoms with E-state index in [4.69, 9.17) is 4.74 Å². The Morgan fingerprint density at radius 3 is 2.42 bits per heavy atom. The van der Waals surface area contributed by atoms with Gasteiger partial charge in [-0.3, -0.25) is 9.59 Å². The number of Topliss-reactive ketones (excluding diaryl/α,β-unsaturated/α-hetero) is 1. The number of carbonyl (C=O) groups excluding carboxylic acids is 2. The third-order valence-corrected chi connectivity index (χ3v) is 3.69. The number of nitrogens with one attached hydrogen (secondary N) is 1. The van der Waals surface area contributed by atoms with E-state index in [0.717, 1.165) is 17.9 Å². The molecule has 0 bridgehead atoms. The van der Waals surface area contributed by atoms with Gasteiger partial charge < -0.3 is 10.1 Å². The van der Waals surface area contributed by atoms with Gasteiger partial charge in [0.25, 0.3) is 0 Å². The number of rotatable bonds is 8. The molecule has 0 aliphatic rings. The van der Waals surface area contributed by atoms with Crippen LogP contribution < -0.4 is 10.1 Å². The molecular weight excluding hydrogens is 302 g/mol. The van der Waals surface area contributed by atoms with E-state index in [1.165, 1.54) is 5.56 Å². The first-order chi connectivity index (χ1) is 11.6. The Bertz CT molecular complexity index is 692. The minimum atomic E-state index is -0.150. The largest absolute Gasteiger partial charge is 0.494 e. The number of aryl methyl sites for hydroxylation is 1. The molecule has 0 aliphatic carbocycles. The van der Waals surface area contributed by atoms with Crippen molar-refractivity contribution in [3.05, 3.63) is 59.7 Å². The summed E-state index contributed by atoms with van der Waals surface area (Å²) in [5.74, 6) is 0.542. The molecule has 0 saturated carbocycles. The van der Waals surface area contributed by atoms with Crippen molar-refractivity contribution < 1.29 is 14.3 Å². The minimum absolute atomic E-state index is 0.0458. The van der Waals surface area contributed by atoms with E-state index in [1.54, 1.807) is 24.3 Å². The zero-order chi connectivity index (χ0) is 17.4. The predicted octanol–water partition coefficient (Wildman–Crippen LogP) is 4.25. The number of ether oxygens (including phenoxy) is 1. The molecule has 0 atom stereocenters. The van der Waals surface area contributed by atoms with Crippen LogP contribution in [0.15, 0.2) is 48.5 Å². The van der Waals surface area contributed by atoms with Gasteiger partial charge in [0.15, 0.2) is 5.78 Å². The first kappa shape index (κ1) is 17.7. The Balaban J connectivity index is 1.85. The smallest absolute Gasteiger partial charge is 0.224 e. The van der Waals surface area contributed by atoms with Crippen molar-refractivity contribution in [2.75, 3.05) is 11.9 Å². The zero-order valence-corrected chi connectivity index (χ0v) is 14.2. The topological polar surface area (TPSA) is 55.4 Å². The van der Waals surface area contributed by atoms with E-state index >= 15 is 0 Å². The van der Waals surface area contributed by atoms with E-state index in [9.17, 15) is 9.59 Å². The maximum atomic E-state index is 12.2. The van der Waals surface area contributed by atoms with Gasteiger partial charge in [0, 0.05) is 24.1 Å². The maximum Gasteiger partial charge on any atom is 0.224 e.